The number of aryl methyl sites for hydroxylation is 1. The van der Waals surface area contributed by atoms with Crippen LogP contribution in [0.5, 0.6) is 0 Å². The van der Waals surface area contributed by atoms with Crippen molar-refractivity contribution >= 4 is 11.4 Å². The fourth-order valence-corrected chi connectivity index (χ4v) is 1.28. The molecule has 0 unspecified atom stereocenters. The second-order valence-corrected chi connectivity index (χ2v) is 3.41. The fourth-order valence-electron chi connectivity index (χ4n) is 1.28. The van der Waals surface area contributed by atoms with Crippen molar-refractivity contribution in [2.24, 2.45) is 5.73 Å². The summed E-state index contributed by atoms with van der Waals surface area (Å²) in [5.41, 5.74) is 7.69. The van der Waals surface area contributed by atoms with Crippen LogP contribution in [0.1, 0.15) is 18.1 Å². The molecule has 0 bridgehead atoms. The van der Waals surface area contributed by atoms with E-state index in [1.54, 1.807) is 19.9 Å². The highest BCUT2D eigenvalue weighted by Gasteiger charge is 2.11. The average molecular weight is 217 g/mol. The number of nitrogens with two attached hydrogens (primary N) is 1. The largest absolute Gasteiger partial charge is 0.397 e. The molecule has 0 saturated heterocycles. The summed E-state index contributed by atoms with van der Waals surface area (Å²) in [7, 11) is 0. The summed E-state index contributed by atoms with van der Waals surface area (Å²) >= 11 is 0. The summed E-state index contributed by atoms with van der Waals surface area (Å²) in [6.45, 7) is 3.37. The Morgan fingerprint density at radius 1 is 1.56 bits per heavy atom. The molecule has 0 spiro atoms. The van der Waals surface area contributed by atoms with E-state index in [1.807, 2.05) is 6.07 Å². The summed E-state index contributed by atoms with van der Waals surface area (Å²) in [6.07, 6.45) is 0. The lowest BCUT2D eigenvalue weighted by molar-refractivity contribution is -0.384. The van der Waals surface area contributed by atoms with Gasteiger partial charge in [0.2, 0.25) is 0 Å². The number of nitro benzene ring substituents is 1. The lowest BCUT2D eigenvalue weighted by Gasteiger charge is -2.06. The van der Waals surface area contributed by atoms with E-state index in [1.165, 1.54) is 12.1 Å². The van der Waals surface area contributed by atoms with Crippen LogP contribution in [-0.4, -0.2) is 4.92 Å². The maximum Gasteiger partial charge on any atom is 0.270 e. The molecule has 0 heterocycles. The maximum atomic E-state index is 10.6. The first kappa shape index (κ1) is 11.7. The normalized spacial score (nSPS) is 11.6. The lowest BCUT2D eigenvalue weighted by Crippen LogP contribution is -2.02. The molecule has 82 valence electrons. The number of non-ortho nitro benzene ring substituents is 1. The zero-order valence-electron chi connectivity index (χ0n) is 9.02. The standard InChI is InChI=1S/C11H11N3O2/c1-7-3-4-9(14(15)16)5-10(7)11(13)8(2)6-12/h3-5H,13H2,1-2H3/b11-8-. The van der Waals surface area contributed by atoms with Gasteiger partial charge in [-0.05, 0) is 19.4 Å². The first-order valence-electron chi connectivity index (χ1n) is 4.59. The van der Waals surface area contributed by atoms with Crippen molar-refractivity contribution in [1.82, 2.24) is 0 Å². The Morgan fingerprint density at radius 2 is 2.19 bits per heavy atom. The van der Waals surface area contributed by atoms with Gasteiger partial charge in [0, 0.05) is 23.3 Å². The predicted molar refractivity (Wildman–Crippen MR) is 60.2 cm³/mol. The van der Waals surface area contributed by atoms with Crippen molar-refractivity contribution in [1.29, 1.82) is 5.26 Å². The number of nitro groups is 1. The molecule has 16 heavy (non-hydrogen) atoms. The SMILES string of the molecule is C/C(C#N)=C(/N)c1cc([N+](=O)[O-])ccc1C. The monoisotopic (exact) mass is 217 g/mol. The number of nitrogens with zero attached hydrogens (tertiary/aromatic N) is 2. The average Bonchev–Trinajstić information content (AvgIpc) is 2.27. The van der Waals surface area contributed by atoms with Crippen LogP contribution in [0.2, 0.25) is 0 Å². The minimum atomic E-state index is -0.488. The third-order valence-electron chi connectivity index (χ3n) is 2.29. The van der Waals surface area contributed by atoms with E-state index in [0.29, 0.717) is 11.1 Å². The van der Waals surface area contributed by atoms with Gasteiger partial charge in [-0.3, -0.25) is 10.1 Å². The molecule has 0 saturated carbocycles. The summed E-state index contributed by atoms with van der Waals surface area (Å²) in [5, 5.41) is 19.3. The smallest absolute Gasteiger partial charge is 0.270 e. The molecule has 1 aromatic carbocycles. The van der Waals surface area contributed by atoms with Crippen molar-refractivity contribution in [3.63, 3.8) is 0 Å². The van der Waals surface area contributed by atoms with E-state index >= 15 is 0 Å². The summed E-state index contributed by atoms with van der Waals surface area (Å²) in [4.78, 5) is 10.1. The molecular formula is C11H11N3O2. The summed E-state index contributed by atoms with van der Waals surface area (Å²) in [5.74, 6) is 0. The topological polar surface area (TPSA) is 93.0 Å². The van der Waals surface area contributed by atoms with E-state index < -0.39 is 4.92 Å². The molecule has 0 aliphatic heterocycles. The van der Waals surface area contributed by atoms with Crippen LogP contribution in [-0.2, 0) is 0 Å². The highest BCUT2D eigenvalue weighted by atomic mass is 16.6. The van der Waals surface area contributed by atoms with Gasteiger partial charge in [-0.2, -0.15) is 5.26 Å². The quantitative estimate of drug-likeness (QED) is 0.466. The van der Waals surface area contributed by atoms with Gasteiger partial charge in [-0.25, -0.2) is 0 Å². The number of hydrogen-bond donors (Lipinski definition) is 1. The third-order valence-corrected chi connectivity index (χ3v) is 2.29. The van der Waals surface area contributed by atoms with E-state index in [0.717, 1.165) is 5.56 Å². The second-order valence-electron chi connectivity index (χ2n) is 3.41. The van der Waals surface area contributed by atoms with Gasteiger partial charge >= 0.3 is 0 Å². The van der Waals surface area contributed by atoms with Crippen LogP contribution in [0.3, 0.4) is 0 Å². The number of benzene rings is 1. The van der Waals surface area contributed by atoms with Gasteiger partial charge in [-0.15, -0.1) is 0 Å². The molecule has 0 aliphatic carbocycles. The second kappa shape index (κ2) is 4.45. The van der Waals surface area contributed by atoms with Crippen LogP contribution in [0.4, 0.5) is 5.69 Å². The molecule has 0 aliphatic rings. The van der Waals surface area contributed by atoms with Crippen LogP contribution in [0.25, 0.3) is 5.70 Å². The fraction of sp³-hybridized carbons (Fsp3) is 0.182. The molecule has 5 heteroatoms. The van der Waals surface area contributed by atoms with Gasteiger partial charge in [0.1, 0.15) is 0 Å². The Kier molecular flexibility index (Phi) is 3.26. The molecule has 2 N–H and O–H groups in total. The minimum absolute atomic E-state index is 0.0331. The zero-order valence-corrected chi connectivity index (χ0v) is 9.02. The Morgan fingerprint density at radius 3 is 2.69 bits per heavy atom. The Balaban J connectivity index is 3.40. The molecule has 0 radical (unpaired) electrons. The highest BCUT2D eigenvalue weighted by molar-refractivity contribution is 5.72. The number of allylic oxidation sites excluding steroid dienone is 1. The van der Waals surface area contributed by atoms with Gasteiger partial charge in [0.05, 0.1) is 16.7 Å². The predicted octanol–water partition coefficient (Wildman–Crippen LogP) is 2.12. The molecule has 1 aromatic rings. The number of nitriles is 1. The molecule has 0 atom stereocenters. The Labute approximate surface area is 93.0 Å². The van der Waals surface area contributed by atoms with Crippen molar-refractivity contribution in [3.05, 3.63) is 45.0 Å². The van der Waals surface area contributed by atoms with Crippen LogP contribution < -0.4 is 5.73 Å². The van der Waals surface area contributed by atoms with E-state index in [4.69, 9.17) is 11.0 Å². The van der Waals surface area contributed by atoms with Crippen molar-refractivity contribution in [2.45, 2.75) is 13.8 Å². The highest BCUT2D eigenvalue weighted by Crippen LogP contribution is 2.22. The summed E-state index contributed by atoms with van der Waals surface area (Å²) < 4.78 is 0. The minimum Gasteiger partial charge on any atom is -0.397 e. The van der Waals surface area contributed by atoms with Crippen LogP contribution >= 0.6 is 0 Å². The Bertz CT molecular complexity index is 512. The van der Waals surface area contributed by atoms with E-state index in [2.05, 4.69) is 0 Å². The van der Waals surface area contributed by atoms with Crippen molar-refractivity contribution in [2.75, 3.05) is 0 Å². The molecule has 0 fully saturated rings. The van der Waals surface area contributed by atoms with Gasteiger partial charge in [-0.1, -0.05) is 6.07 Å². The van der Waals surface area contributed by atoms with Gasteiger partial charge in [0.15, 0.2) is 0 Å². The molecule has 5 nitrogen and oxygen atoms in total. The molecule has 0 aromatic heterocycles. The zero-order chi connectivity index (χ0) is 12.3. The van der Waals surface area contributed by atoms with Crippen LogP contribution in [0, 0.1) is 28.4 Å². The number of hydrogen-bond acceptors (Lipinski definition) is 4. The van der Waals surface area contributed by atoms with Gasteiger partial charge in [0.25, 0.3) is 5.69 Å². The van der Waals surface area contributed by atoms with E-state index in [9.17, 15) is 10.1 Å². The Hall–Kier alpha value is -2.35. The maximum absolute atomic E-state index is 10.6. The third kappa shape index (κ3) is 2.17. The van der Waals surface area contributed by atoms with Crippen molar-refractivity contribution < 1.29 is 4.92 Å². The van der Waals surface area contributed by atoms with Crippen LogP contribution in [0.15, 0.2) is 23.8 Å². The van der Waals surface area contributed by atoms with Gasteiger partial charge < -0.3 is 5.73 Å². The lowest BCUT2D eigenvalue weighted by atomic mass is 10.0. The number of rotatable bonds is 2. The van der Waals surface area contributed by atoms with Crippen molar-refractivity contribution in [3.8, 4) is 6.07 Å². The molecule has 0 amide bonds. The molecule has 1 rings (SSSR count). The van der Waals surface area contributed by atoms with E-state index in [-0.39, 0.29) is 11.4 Å². The summed E-state index contributed by atoms with van der Waals surface area (Å²) in [6, 6.07) is 6.33. The first-order valence-corrected chi connectivity index (χ1v) is 4.59. The first-order chi connectivity index (χ1) is 7.47. The molecular weight excluding hydrogens is 206 g/mol.